The van der Waals surface area contributed by atoms with Crippen LogP contribution in [0.5, 0.6) is 0 Å². The van der Waals surface area contributed by atoms with Crippen molar-refractivity contribution in [2.24, 2.45) is 0 Å². The summed E-state index contributed by atoms with van der Waals surface area (Å²) in [6.07, 6.45) is 3.03. The second kappa shape index (κ2) is 5.20. The van der Waals surface area contributed by atoms with E-state index in [4.69, 9.17) is 0 Å². The second-order valence-corrected chi connectivity index (χ2v) is 6.05. The number of pyridine rings is 2. The Morgan fingerprint density at radius 1 is 0.625 bits per heavy atom. The first-order valence-electron chi connectivity index (χ1n) is 7.81. The van der Waals surface area contributed by atoms with E-state index in [0.29, 0.717) is 11.0 Å². The topological polar surface area (TPSA) is 53.9 Å². The number of nitrogens with zero attached hydrogens (tertiary/aromatic N) is 2. The van der Waals surface area contributed by atoms with Gasteiger partial charge in [-0.1, -0.05) is 12.1 Å². The predicted octanol–water partition coefficient (Wildman–Crippen LogP) is 3.54. The highest BCUT2D eigenvalue weighted by Crippen LogP contribution is 2.32. The summed E-state index contributed by atoms with van der Waals surface area (Å²) < 4.78 is 1.75. The lowest BCUT2D eigenvalue weighted by Gasteiger charge is -2.11. The van der Waals surface area contributed by atoms with E-state index in [1.807, 2.05) is 50.2 Å². The fourth-order valence-electron chi connectivity index (χ4n) is 3.32. The smallest absolute Gasteiger partial charge is 0.232 e. The quantitative estimate of drug-likeness (QED) is 0.398. The Bertz CT molecular complexity index is 1010. The molecule has 0 aliphatic carbocycles. The number of benzene rings is 2. The molecule has 0 fully saturated rings. The first kappa shape index (κ1) is 14.5. The van der Waals surface area contributed by atoms with E-state index >= 15 is 0 Å². The van der Waals surface area contributed by atoms with Crippen molar-refractivity contribution in [1.82, 2.24) is 0 Å². The zero-order chi connectivity index (χ0) is 16.8. The van der Waals surface area contributed by atoms with Crippen LogP contribution in [0.1, 0.15) is 11.1 Å². The van der Waals surface area contributed by atoms with Crippen molar-refractivity contribution in [2.45, 2.75) is 13.8 Å². The highest BCUT2D eigenvalue weighted by molar-refractivity contribution is 6.01. The van der Waals surface area contributed by atoms with E-state index in [1.54, 1.807) is 12.1 Å². The van der Waals surface area contributed by atoms with Crippen molar-refractivity contribution >= 4 is 21.8 Å². The number of aryl methyl sites for hydroxylation is 2. The molecule has 0 amide bonds. The number of fused-ring (bicyclic) bond motifs is 2. The molecule has 0 saturated carbocycles. The maximum atomic E-state index is 12.4. The Balaban J connectivity index is 2.20. The highest BCUT2D eigenvalue weighted by Gasteiger charge is 2.20. The zero-order valence-electron chi connectivity index (χ0n) is 13.5. The maximum absolute atomic E-state index is 12.4. The lowest BCUT2D eigenvalue weighted by molar-refractivity contribution is -0.577. The van der Waals surface area contributed by atoms with Gasteiger partial charge in [0, 0.05) is 12.1 Å². The van der Waals surface area contributed by atoms with Crippen molar-refractivity contribution < 1.29 is 9.46 Å². The summed E-state index contributed by atoms with van der Waals surface area (Å²) in [5.74, 6) is 0. The van der Waals surface area contributed by atoms with Crippen LogP contribution in [0, 0.1) is 24.3 Å². The number of aromatic nitrogens is 2. The van der Waals surface area contributed by atoms with Crippen LogP contribution in [0.4, 0.5) is 0 Å². The molecule has 118 valence electrons. The van der Waals surface area contributed by atoms with Crippen LogP contribution in [0.25, 0.3) is 32.9 Å². The van der Waals surface area contributed by atoms with Crippen molar-refractivity contribution in [3.8, 4) is 11.1 Å². The molecule has 4 rings (SSSR count). The van der Waals surface area contributed by atoms with Crippen LogP contribution >= 0.6 is 0 Å². The fourth-order valence-corrected chi connectivity index (χ4v) is 3.32. The predicted molar refractivity (Wildman–Crippen MR) is 94.3 cm³/mol. The maximum Gasteiger partial charge on any atom is 0.232 e. The molecular formula is C20H16N2O2. The minimum atomic E-state index is 0.589. The van der Waals surface area contributed by atoms with Crippen molar-refractivity contribution in [3.63, 3.8) is 0 Å². The summed E-state index contributed by atoms with van der Waals surface area (Å²) >= 11 is 0. The van der Waals surface area contributed by atoms with Crippen LogP contribution in [-0.2, 0) is 0 Å². The van der Waals surface area contributed by atoms with E-state index in [2.05, 4.69) is 0 Å². The molecule has 2 aromatic carbocycles. The molecule has 0 saturated heterocycles. The third kappa shape index (κ3) is 2.00. The molecule has 0 spiro atoms. The van der Waals surface area contributed by atoms with Gasteiger partial charge in [0.15, 0.2) is 12.4 Å². The molecule has 24 heavy (non-hydrogen) atoms. The molecule has 0 radical (unpaired) electrons. The minimum absolute atomic E-state index is 0.589. The number of hydrogen-bond donors (Lipinski definition) is 0. The van der Waals surface area contributed by atoms with Gasteiger partial charge in [-0.2, -0.15) is 9.46 Å². The van der Waals surface area contributed by atoms with Gasteiger partial charge >= 0.3 is 0 Å². The SMILES string of the molecule is Cc1cc[n+]([O-])c2c(-c3cccc4c(C)cc[n+]([O-])c34)cccc12. The first-order valence-corrected chi connectivity index (χ1v) is 7.81. The molecule has 0 aliphatic rings. The first-order chi connectivity index (χ1) is 11.6. The van der Waals surface area contributed by atoms with Crippen molar-refractivity contribution in [3.05, 3.63) is 82.5 Å². The molecule has 0 unspecified atom stereocenters. The summed E-state index contributed by atoms with van der Waals surface area (Å²) in [6.45, 7) is 3.96. The summed E-state index contributed by atoms with van der Waals surface area (Å²) in [6, 6.07) is 15.1. The Hall–Kier alpha value is -3.14. The number of hydrogen-bond acceptors (Lipinski definition) is 2. The second-order valence-electron chi connectivity index (χ2n) is 6.05. The molecule has 0 N–H and O–H groups in total. The lowest BCUT2D eigenvalue weighted by atomic mass is 9.96. The molecular weight excluding hydrogens is 300 g/mol. The molecule has 4 nitrogen and oxygen atoms in total. The summed E-state index contributed by atoms with van der Waals surface area (Å²) in [5, 5.41) is 26.7. The van der Waals surface area contributed by atoms with Crippen LogP contribution < -0.4 is 9.46 Å². The van der Waals surface area contributed by atoms with Gasteiger partial charge in [0.05, 0.1) is 21.9 Å². The van der Waals surface area contributed by atoms with Gasteiger partial charge < -0.3 is 10.4 Å². The molecule has 0 bridgehead atoms. The fraction of sp³-hybridized carbons (Fsp3) is 0.100. The van der Waals surface area contributed by atoms with Crippen LogP contribution in [0.3, 0.4) is 0 Å². The Morgan fingerprint density at radius 3 is 1.46 bits per heavy atom. The summed E-state index contributed by atoms with van der Waals surface area (Å²) in [7, 11) is 0. The van der Waals surface area contributed by atoms with Crippen LogP contribution in [0.15, 0.2) is 60.9 Å². The van der Waals surface area contributed by atoms with Gasteiger partial charge in [0.2, 0.25) is 11.0 Å². The Morgan fingerprint density at radius 2 is 1.04 bits per heavy atom. The summed E-state index contributed by atoms with van der Waals surface area (Å²) in [5.41, 5.74) is 4.78. The highest BCUT2D eigenvalue weighted by atomic mass is 16.5. The monoisotopic (exact) mass is 316 g/mol. The number of rotatable bonds is 1. The molecule has 2 aromatic heterocycles. The molecule has 4 aromatic rings. The van der Waals surface area contributed by atoms with E-state index in [1.165, 1.54) is 12.4 Å². The Kier molecular flexibility index (Phi) is 3.13. The molecule has 0 atom stereocenters. The third-order valence-electron chi connectivity index (χ3n) is 4.57. The van der Waals surface area contributed by atoms with Crippen molar-refractivity contribution in [1.29, 1.82) is 0 Å². The van der Waals surface area contributed by atoms with Gasteiger partial charge in [-0.05, 0) is 49.2 Å². The number of para-hydroxylation sites is 2. The molecule has 4 heteroatoms. The molecule has 2 heterocycles. The normalized spacial score (nSPS) is 11.2. The lowest BCUT2D eigenvalue weighted by Crippen LogP contribution is -2.29. The zero-order valence-corrected chi connectivity index (χ0v) is 13.5. The van der Waals surface area contributed by atoms with Crippen LogP contribution in [0.2, 0.25) is 0 Å². The van der Waals surface area contributed by atoms with E-state index in [-0.39, 0.29) is 0 Å². The average Bonchev–Trinajstić information content (AvgIpc) is 2.60. The van der Waals surface area contributed by atoms with Gasteiger partial charge in [0.1, 0.15) is 0 Å². The van der Waals surface area contributed by atoms with Gasteiger partial charge in [-0.15, -0.1) is 0 Å². The standard InChI is InChI=1S/C20H16N2O2/c1-13-9-11-21(23)19-15(13)5-3-7-17(19)18-8-4-6-16-14(2)10-12-22(24)20(16)18/h3-12H,1-2H3. The van der Waals surface area contributed by atoms with Gasteiger partial charge in [0.25, 0.3) is 0 Å². The van der Waals surface area contributed by atoms with Gasteiger partial charge in [-0.3, -0.25) is 0 Å². The largest absolute Gasteiger partial charge is 0.618 e. The van der Waals surface area contributed by atoms with Gasteiger partial charge in [-0.25, -0.2) is 0 Å². The van der Waals surface area contributed by atoms with Crippen LogP contribution in [-0.4, -0.2) is 0 Å². The molecule has 0 aliphatic heterocycles. The van der Waals surface area contributed by atoms with E-state index in [0.717, 1.165) is 42.5 Å². The van der Waals surface area contributed by atoms with Crippen molar-refractivity contribution in [2.75, 3.05) is 0 Å². The minimum Gasteiger partial charge on any atom is -0.618 e. The average molecular weight is 316 g/mol. The third-order valence-corrected chi connectivity index (χ3v) is 4.57. The van der Waals surface area contributed by atoms with E-state index in [9.17, 15) is 10.4 Å². The summed E-state index contributed by atoms with van der Waals surface area (Å²) in [4.78, 5) is 0. The van der Waals surface area contributed by atoms with E-state index < -0.39 is 0 Å². The Labute approximate surface area is 139 Å².